The van der Waals surface area contributed by atoms with Crippen molar-refractivity contribution >= 4 is 22.6 Å². The lowest BCUT2D eigenvalue weighted by Gasteiger charge is -2.37. The Morgan fingerprint density at radius 2 is 2.00 bits per heavy atom. The predicted molar refractivity (Wildman–Crippen MR) is 57.6 cm³/mol. The fourth-order valence-corrected chi connectivity index (χ4v) is 1.63. The number of aromatic nitrogens is 2. The number of ether oxygens (including phenoxy) is 1. The van der Waals surface area contributed by atoms with Crippen molar-refractivity contribution in [3.05, 3.63) is 16.0 Å². The first-order valence-corrected chi connectivity index (χ1v) is 5.42. The molecule has 0 saturated heterocycles. The highest BCUT2D eigenvalue weighted by atomic mass is 127. The standard InChI is InChI=1S/C9H11IN2O/c1-9(3-2-4-9)13-8-11-5-7(10)6-12-8/h5-6H,2-4H2,1H3. The molecule has 0 spiro atoms. The second-order valence-electron chi connectivity index (χ2n) is 3.59. The molecule has 70 valence electrons. The summed E-state index contributed by atoms with van der Waals surface area (Å²) in [4.78, 5) is 8.21. The summed E-state index contributed by atoms with van der Waals surface area (Å²) in [6.07, 6.45) is 7.02. The van der Waals surface area contributed by atoms with Crippen molar-refractivity contribution in [3.63, 3.8) is 0 Å². The summed E-state index contributed by atoms with van der Waals surface area (Å²) in [7, 11) is 0. The van der Waals surface area contributed by atoms with Crippen LogP contribution < -0.4 is 4.74 Å². The van der Waals surface area contributed by atoms with Gasteiger partial charge in [0.25, 0.3) is 0 Å². The summed E-state index contributed by atoms with van der Waals surface area (Å²) in [5.74, 6) is 0. The van der Waals surface area contributed by atoms with Gasteiger partial charge in [0, 0.05) is 16.0 Å². The summed E-state index contributed by atoms with van der Waals surface area (Å²) >= 11 is 2.18. The highest BCUT2D eigenvalue weighted by molar-refractivity contribution is 14.1. The van der Waals surface area contributed by atoms with Crippen LogP contribution in [0.2, 0.25) is 0 Å². The molecular formula is C9H11IN2O. The number of nitrogens with zero attached hydrogens (tertiary/aromatic N) is 2. The second-order valence-corrected chi connectivity index (χ2v) is 4.84. The lowest BCUT2D eigenvalue weighted by atomic mass is 9.82. The molecule has 0 unspecified atom stereocenters. The number of hydrogen-bond acceptors (Lipinski definition) is 3. The van der Waals surface area contributed by atoms with Crippen LogP contribution >= 0.6 is 22.6 Å². The first-order valence-electron chi connectivity index (χ1n) is 4.35. The first kappa shape index (κ1) is 9.18. The van der Waals surface area contributed by atoms with Gasteiger partial charge in [-0.25, -0.2) is 9.97 Å². The summed E-state index contributed by atoms with van der Waals surface area (Å²) < 4.78 is 6.70. The SMILES string of the molecule is CC1(Oc2ncc(I)cn2)CCC1. The maximum absolute atomic E-state index is 5.67. The van der Waals surface area contributed by atoms with Crippen LogP contribution in [0.4, 0.5) is 0 Å². The van der Waals surface area contributed by atoms with Crippen LogP contribution in [-0.2, 0) is 0 Å². The van der Waals surface area contributed by atoms with E-state index in [1.165, 1.54) is 6.42 Å². The van der Waals surface area contributed by atoms with Crippen molar-refractivity contribution in [2.75, 3.05) is 0 Å². The predicted octanol–water partition coefficient (Wildman–Crippen LogP) is 2.40. The van der Waals surface area contributed by atoms with E-state index in [9.17, 15) is 0 Å². The molecule has 1 aliphatic rings. The van der Waals surface area contributed by atoms with Crippen molar-refractivity contribution in [2.24, 2.45) is 0 Å². The van der Waals surface area contributed by atoms with Gasteiger partial charge < -0.3 is 4.74 Å². The maximum atomic E-state index is 5.67. The molecule has 1 fully saturated rings. The summed E-state index contributed by atoms with van der Waals surface area (Å²) in [6, 6.07) is 0.502. The molecule has 0 N–H and O–H groups in total. The molecule has 0 aliphatic heterocycles. The van der Waals surface area contributed by atoms with E-state index in [2.05, 4.69) is 39.5 Å². The smallest absolute Gasteiger partial charge is 0.316 e. The Labute approximate surface area is 91.1 Å². The zero-order valence-electron chi connectivity index (χ0n) is 7.46. The van der Waals surface area contributed by atoms with Gasteiger partial charge >= 0.3 is 6.01 Å². The Morgan fingerprint density at radius 1 is 1.38 bits per heavy atom. The number of halogens is 1. The molecule has 0 bridgehead atoms. The summed E-state index contributed by atoms with van der Waals surface area (Å²) in [5.41, 5.74) is -0.00715. The van der Waals surface area contributed by atoms with Crippen LogP contribution in [0.25, 0.3) is 0 Å². The minimum absolute atomic E-state index is 0.00715. The Morgan fingerprint density at radius 3 is 2.46 bits per heavy atom. The maximum Gasteiger partial charge on any atom is 0.316 e. The van der Waals surface area contributed by atoms with Gasteiger partial charge in [0.2, 0.25) is 0 Å². The number of rotatable bonds is 2. The lowest BCUT2D eigenvalue weighted by molar-refractivity contribution is 0.00280. The molecule has 1 heterocycles. The normalized spacial score (nSPS) is 19.2. The monoisotopic (exact) mass is 290 g/mol. The highest BCUT2D eigenvalue weighted by Crippen LogP contribution is 2.34. The largest absolute Gasteiger partial charge is 0.457 e. The van der Waals surface area contributed by atoms with E-state index in [1.54, 1.807) is 12.4 Å². The molecule has 0 amide bonds. The zero-order valence-corrected chi connectivity index (χ0v) is 9.61. The van der Waals surface area contributed by atoms with Gasteiger partial charge in [-0.2, -0.15) is 0 Å². The van der Waals surface area contributed by atoms with Crippen LogP contribution in [0.5, 0.6) is 6.01 Å². The third kappa shape index (κ3) is 2.10. The van der Waals surface area contributed by atoms with Gasteiger partial charge in [-0.05, 0) is 48.8 Å². The van der Waals surface area contributed by atoms with Crippen LogP contribution in [0.15, 0.2) is 12.4 Å². The second kappa shape index (κ2) is 3.40. The Kier molecular flexibility index (Phi) is 2.40. The molecule has 0 aromatic carbocycles. The van der Waals surface area contributed by atoms with Gasteiger partial charge in [0.15, 0.2) is 0 Å². The van der Waals surface area contributed by atoms with Gasteiger partial charge in [0.1, 0.15) is 5.60 Å². The molecular weight excluding hydrogens is 279 g/mol. The minimum atomic E-state index is -0.00715. The van der Waals surface area contributed by atoms with E-state index in [-0.39, 0.29) is 5.60 Å². The molecule has 0 radical (unpaired) electrons. The number of hydrogen-bond donors (Lipinski definition) is 0. The minimum Gasteiger partial charge on any atom is -0.457 e. The van der Waals surface area contributed by atoms with Crippen LogP contribution in [0.1, 0.15) is 26.2 Å². The molecule has 1 saturated carbocycles. The molecule has 13 heavy (non-hydrogen) atoms. The fraction of sp³-hybridized carbons (Fsp3) is 0.556. The Bertz CT molecular complexity index is 295. The topological polar surface area (TPSA) is 35.0 Å². The van der Waals surface area contributed by atoms with Crippen LogP contribution in [0, 0.1) is 3.57 Å². The fourth-order valence-electron chi connectivity index (χ4n) is 1.35. The van der Waals surface area contributed by atoms with Gasteiger partial charge in [0.05, 0.1) is 0 Å². The zero-order chi connectivity index (χ0) is 9.31. The van der Waals surface area contributed by atoms with Crippen molar-refractivity contribution in [3.8, 4) is 6.01 Å². The van der Waals surface area contributed by atoms with E-state index in [0.29, 0.717) is 6.01 Å². The average molecular weight is 290 g/mol. The van der Waals surface area contributed by atoms with Crippen molar-refractivity contribution in [1.82, 2.24) is 9.97 Å². The van der Waals surface area contributed by atoms with Gasteiger partial charge in [-0.1, -0.05) is 0 Å². The first-order chi connectivity index (χ1) is 6.18. The van der Waals surface area contributed by atoms with Crippen LogP contribution in [0.3, 0.4) is 0 Å². The van der Waals surface area contributed by atoms with E-state index in [0.717, 1.165) is 16.4 Å². The van der Waals surface area contributed by atoms with Crippen molar-refractivity contribution in [1.29, 1.82) is 0 Å². The van der Waals surface area contributed by atoms with Gasteiger partial charge in [-0.3, -0.25) is 0 Å². The Hall–Kier alpha value is -0.390. The van der Waals surface area contributed by atoms with E-state index >= 15 is 0 Å². The molecule has 1 aliphatic carbocycles. The van der Waals surface area contributed by atoms with Crippen molar-refractivity contribution < 1.29 is 4.74 Å². The average Bonchev–Trinajstić information content (AvgIpc) is 2.06. The molecule has 1 aromatic rings. The third-order valence-corrected chi connectivity index (χ3v) is 2.90. The summed E-state index contributed by atoms with van der Waals surface area (Å²) in [6.45, 7) is 2.11. The molecule has 2 rings (SSSR count). The van der Waals surface area contributed by atoms with E-state index < -0.39 is 0 Å². The van der Waals surface area contributed by atoms with Gasteiger partial charge in [-0.15, -0.1) is 0 Å². The van der Waals surface area contributed by atoms with Crippen molar-refractivity contribution in [2.45, 2.75) is 31.8 Å². The van der Waals surface area contributed by atoms with E-state index in [1.807, 2.05) is 0 Å². The molecule has 4 heteroatoms. The highest BCUT2D eigenvalue weighted by Gasteiger charge is 2.34. The van der Waals surface area contributed by atoms with E-state index in [4.69, 9.17) is 4.74 Å². The molecule has 0 atom stereocenters. The van der Waals surface area contributed by atoms with Crippen LogP contribution in [-0.4, -0.2) is 15.6 Å². The quantitative estimate of drug-likeness (QED) is 0.785. The third-order valence-electron chi connectivity index (χ3n) is 2.35. The lowest BCUT2D eigenvalue weighted by Crippen LogP contribution is -2.40. The Balaban J connectivity index is 2.05. The molecule has 3 nitrogen and oxygen atoms in total. The molecule has 1 aromatic heterocycles. The summed E-state index contributed by atoms with van der Waals surface area (Å²) in [5, 5.41) is 0.